The van der Waals surface area contributed by atoms with E-state index in [4.69, 9.17) is 4.74 Å². The van der Waals surface area contributed by atoms with Gasteiger partial charge in [0, 0.05) is 31.8 Å². The molecule has 178 valence electrons. The van der Waals surface area contributed by atoms with Gasteiger partial charge in [0.1, 0.15) is 11.8 Å². The molecule has 8 heteroatoms. The van der Waals surface area contributed by atoms with E-state index in [1.807, 2.05) is 6.07 Å². The van der Waals surface area contributed by atoms with E-state index in [1.165, 1.54) is 19.1 Å². The number of carbonyl (C=O) groups is 4. The molecular formula is C26H29N3O5. The first-order chi connectivity index (χ1) is 15.9. The number of carbonyl (C=O) groups excluding carboxylic acids is 4. The van der Waals surface area contributed by atoms with E-state index >= 15 is 0 Å². The van der Waals surface area contributed by atoms with Crippen LogP contribution in [0, 0.1) is 16.7 Å². The van der Waals surface area contributed by atoms with Crippen LogP contribution < -0.4 is 9.64 Å². The molecule has 1 aliphatic heterocycles. The summed E-state index contributed by atoms with van der Waals surface area (Å²) in [6.07, 6.45) is 3.22. The van der Waals surface area contributed by atoms with Crippen LogP contribution in [0.5, 0.6) is 5.75 Å². The molecule has 1 aromatic heterocycles. The maximum absolute atomic E-state index is 13.7. The van der Waals surface area contributed by atoms with Crippen molar-refractivity contribution in [3.8, 4) is 5.75 Å². The number of esters is 1. The summed E-state index contributed by atoms with van der Waals surface area (Å²) in [6.45, 7) is 9.69. The average Bonchev–Trinajstić information content (AvgIpc) is 3.01. The van der Waals surface area contributed by atoms with Gasteiger partial charge in [-0.25, -0.2) is 4.90 Å². The molecule has 1 atom stereocenters. The zero-order chi connectivity index (χ0) is 24.8. The normalized spacial score (nSPS) is 20.9. The van der Waals surface area contributed by atoms with Crippen molar-refractivity contribution in [3.63, 3.8) is 0 Å². The highest BCUT2D eigenvalue weighted by atomic mass is 16.5. The first kappa shape index (κ1) is 23.6. The summed E-state index contributed by atoms with van der Waals surface area (Å²) in [5.74, 6) is -1.35. The van der Waals surface area contributed by atoms with E-state index in [9.17, 15) is 19.2 Å². The fraction of sp³-hybridized carbons (Fsp3) is 0.423. The van der Waals surface area contributed by atoms with Crippen LogP contribution in [0.2, 0.25) is 0 Å². The minimum absolute atomic E-state index is 0.0931. The highest BCUT2D eigenvalue weighted by molar-refractivity contribution is 6.23. The lowest BCUT2D eigenvalue weighted by molar-refractivity contribution is -0.141. The van der Waals surface area contributed by atoms with Gasteiger partial charge in [-0.1, -0.05) is 33.8 Å². The van der Waals surface area contributed by atoms with Crippen LogP contribution in [-0.2, 0) is 25.7 Å². The van der Waals surface area contributed by atoms with Gasteiger partial charge in [0.2, 0.25) is 11.8 Å². The second-order valence-corrected chi connectivity index (χ2v) is 10.1. The molecule has 2 aromatic rings. The zero-order valence-electron chi connectivity index (χ0n) is 20.1. The van der Waals surface area contributed by atoms with Gasteiger partial charge in [0.15, 0.2) is 0 Å². The maximum atomic E-state index is 13.7. The van der Waals surface area contributed by atoms with Crippen LogP contribution in [0.1, 0.15) is 46.6 Å². The molecule has 2 heterocycles. The molecule has 4 rings (SSSR count). The number of nitrogens with zero attached hydrogens (tertiary/aromatic N) is 3. The molecule has 0 N–H and O–H groups in total. The van der Waals surface area contributed by atoms with E-state index in [0.717, 1.165) is 10.5 Å². The topological polar surface area (TPSA) is 96.9 Å². The molecule has 8 nitrogen and oxygen atoms in total. The Bertz CT molecular complexity index is 1130. The van der Waals surface area contributed by atoms with Gasteiger partial charge in [0.05, 0.1) is 12.1 Å². The van der Waals surface area contributed by atoms with Gasteiger partial charge >= 0.3 is 5.97 Å². The van der Waals surface area contributed by atoms with Crippen molar-refractivity contribution in [1.29, 1.82) is 0 Å². The van der Waals surface area contributed by atoms with Gasteiger partial charge in [0.25, 0.3) is 5.91 Å². The number of rotatable bonds is 6. The molecule has 0 radical (unpaired) electrons. The Hall–Kier alpha value is -3.55. The number of aromatic nitrogens is 1. The highest BCUT2D eigenvalue weighted by Gasteiger charge is 2.69. The maximum Gasteiger partial charge on any atom is 0.308 e. The Morgan fingerprint density at radius 2 is 1.74 bits per heavy atom. The van der Waals surface area contributed by atoms with E-state index < -0.39 is 17.9 Å². The second-order valence-electron chi connectivity index (χ2n) is 10.1. The average molecular weight is 464 g/mol. The first-order valence-electron chi connectivity index (χ1n) is 11.3. The number of hydrogen-bond acceptors (Lipinski definition) is 6. The predicted molar refractivity (Wildman–Crippen MR) is 124 cm³/mol. The number of imide groups is 1. The summed E-state index contributed by atoms with van der Waals surface area (Å²) in [4.78, 5) is 58.1. The molecule has 1 aliphatic carbocycles. The van der Waals surface area contributed by atoms with Gasteiger partial charge < -0.3 is 9.64 Å². The van der Waals surface area contributed by atoms with Gasteiger partial charge in [-0.15, -0.1) is 0 Å². The minimum atomic E-state index is -0.902. The van der Waals surface area contributed by atoms with Crippen molar-refractivity contribution in [2.24, 2.45) is 16.7 Å². The lowest BCUT2D eigenvalue weighted by Gasteiger charge is -2.28. The molecule has 1 unspecified atom stereocenters. The predicted octanol–water partition coefficient (Wildman–Crippen LogP) is 3.35. The number of anilines is 1. The number of amides is 3. The van der Waals surface area contributed by atoms with E-state index in [1.54, 1.807) is 35.5 Å². The molecule has 0 spiro atoms. The van der Waals surface area contributed by atoms with E-state index in [0.29, 0.717) is 11.4 Å². The monoisotopic (exact) mass is 463 g/mol. The zero-order valence-corrected chi connectivity index (χ0v) is 20.1. The van der Waals surface area contributed by atoms with Crippen LogP contribution in [-0.4, -0.2) is 39.6 Å². The Kier molecular flexibility index (Phi) is 5.79. The van der Waals surface area contributed by atoms with Crippen LogP contribution in [0.15, 0.2) is 48.8 Å². The third kappa shape index (κ3) is 3.97. The molecular weight excluding hydrogens is 434 g/mol. The lowest BCUT2D eigenvalue weighted by atomic mass is 10.0. The quantitative estimate of drug-likeness (QED) is 0.370. The van der Waals surface area contributed by atoms with Crippen LogP contribution in [0.25, 0.3) is 0 Å². The Morgan fingerprint density at radius 1 is 1.09 bits per heavy atom. The van der Waals surface area contributed by atoms with Crippen molar-refractivity contribution in [3.05, 3.63) is 54.4 Å². The van der Waals surface area contributed by atoms with Crippen LogP contribution in [0.4, 0.5) is 5.69 Å². The fourth-order valence-corrected chi connectivity index (χ4v) is 4.97. The number of hydrogen-bond donors (Lipinski definition) is 0. The summed E-state index contributed by atoms with van der Waals surface area (Å²) in [7, 11) is 0. The van der Waals surface area contributed by atoms with E-state index in [-0.39, 0.29) is 41.5 Å². The summed E-state index contributed by atoms with van der Waals surface area (Å²) < 4.78 is 5.03. The Labute approximate surface area is 198 Å². The number of pyridine rings is 1. The SMILES string of the molecule is CC(=O)Oc1ccc(N2C(=O)CC(N(Cc3cccnc3)C(=O)C3C(C)(C)C3(C)C)C2=O)cc1. The molecule has 1 saturated heterocycles. The molecule has 2 fully saturated rings. The van der Waals surface area contributed by atoms with Crippen molar-refractivity contribution < 1.29 is 23.9 Å². The summed E-state index contributed by atoms with van der Waals surface area (Å²) in [6, 6.07) is 8.88. The van der Waals surface area contributed by atoms with Crippen LogP contribution in [0.3, 0.4) is 0 Å². The van der Waals surface area contributed by atoms with Crippen LogP contribution >= 0.6 is 0 Å². The van der Waals surface area contributed by atoms with Gasteiger partial charge in [-0.05, 0) is 46.7 Å². The largest absolute Gasteiger partial charge is 0.427 e. The number of benzene rings is 1. The summed E-state index contributed by atoms with van der Waals surface area (Å²) in [5, 5.41) is 0. The summed E-state index contributed by atoms with van der Waals surface area (Å²) in [5.41, 5.74) is 0.732. The molecule has 1 aromatic carbocycles. The van der Waals surface area contributed by atoms with E-state index in [2.05, 4.69) is 32.7 Å². The first-order valence-corrected chi connectivity index (χ1v) is 11.3. The molecule has 3 amide bonds. The molecule has 34 heavy (non-hydrogen) atoms. The second kappa shape index (κ2) is 8.34. The Morgan fingerprint density at radius 3 is 2.26 bits per heavy atom. The Balaban J connectivity index is 1.63. The van der Waals surface area contributed by atoms with Crippen molar-refractivity contribution >= 4 is 29.4 Å². The fourth-order valence-electron chi connectivity index (χ4n) is 4.97. The summed E-state index contributed by atoms with van der Waals surface area (Å²) >= 11 is 0. The van der Waals surface area contributed by atoms with Gasteiger partial charge in [-0.2, -0.15) is 0 Å². The standard InChI is InChI=1S/C26H29N3O5/c1-16(30)34-19-10-8-18(9-11-19)29-21(31)13-20(23(29)32)28(15-17-7-6-12-27-14-17)24(33)22-25(2,3)26(22,4)5/h6-12,14,20,22H,13,15H2,1-5H3. The van der Waals surface area contributed by atoms with Crippen molar-refractivity contribution in [2.75, 3.05) is 4.90 Å². The lowest BCUT2D eigenvalue weighted by Crippen LogP contribution is -2.46. The third-order valence-electron chi connectivity index (χ3n) is 7.48. The third-order valence-corrected chi connectivity index (χ3v) is 7.48. The van der Waals surface area contributed by atoms with Crippen molar-refractivity contribution in [1.82, 2.24) is 9.88 Å². The minimum Gasteiger partial charge on any atom is -0.427 e. The molecule has 1 saturated carbocycles. The number of ether oxygens (including phenoxy) is 1. The van der Waals surface area contributed by atoms with Gasteiger partial charge in [-0.3, -0.25) is 24.2 Å². The molecule has 2 aliphatic rings. The molecule has 0 bridgehead atoms. The smallest absolute Gasteiger partial charge is 0.308 e. The van der Waals surface area contributed by atoms with Crippen molar-refractivity contribution in [2.45, 2.75) is 53.6 Å². The highest BCUT2D eigenvalue weighted by Crippen LogP contribution is 2.69.